The van der Waals surface area contributed by atoms with E-state index in [1.807, 2.05) is 30.0 Å². The first-order valence-electron chi connectivity index (χ1n) is 9.43. The van der Waals surface area contributed by atoms with Crippen molar-refractivity contribution in [3.63, 3.8) is 0 Å². The van der Waals surface area contributed by atoms with Gasteiger partial charge in [-0.3, -0.25) is 9.69 Å². The predicted molar refractivity (Wildman–Crippen MR) is 97.3 cm³/mol. The van der Waals surface area contributed by atoms with E-state index in [2.05, 4.69) is 22.2 Å². The third-order valence-corrected chi connectivity index (χ3v) is 5.03. The first kappa shape index (κ1) is 17.1. The summed E-state index contributed by atoms with van der Waals surface area (Å²) < 4.78 is 10.8. The van der Waals surface area contributed by atoms with Gasteiger partial charge >= 0.3 is 0 Å². The van der Waals surface area contributed by atoms with E-state index in [-0.39, 0.29) is 5.91 Å². The Hall–Kier alpha value is -2.34. The Morgan fingerprint density at radius 2 is 1.92 bits per heavy atom. The van der Waals surface area contributed by atoms with Gasteiger partial charge in [0.2, 0.25) is 0 Å². The fourth-order valence-corrected chi connectivity index (χ4v) is 3.34. The van der Waals surface area contributed by atoms with Crippen LogP contribution in [0, 0.1) is 0 Å². The zero-order chi connectivity index (χ0) is 17.9. The molecule has 2 fully saturated rings. The van der Waals surface area contributed by atoms with Crippen molar-refractivity contribution in [2.75, 3.05) is 32.8 Å². The van der Waals surface area contributed by atoms with E-state index in [0.717, 1.165) is 57.1 Å². The summed E-state index contributed by atoms with van der Waals surface area (Å²) in [6.07, 6.45) is 2.29. The minimum atomic E-state index is -0.0126. The lowest BCUT2D eigenvalue weighted by Gasteiger charge is -2.34. The number of nitrogens with zero attached hydrogens (tertiary/aromatic N) is 3. The molecule has 6 heteroatoms. The number of amides is 1. The molecular weight excluding hydrogens is 330 g/mol. The molecule has 0 atom stereocenters. The second-order valence-electron chi connectivity index (χ2n) is 7.03. The zero-order valence-electron chi connectivity index (χ0n) is 15.2. The fraction of sp³-hybridized carbons (Fsp3) is 0.500. The van der Waals surface area contributed by atoms with Gasteiger partial charge in [-0.05, 0) is 37.5 Å². The molecule has 1 aliphatic heterocycles. The second-order valence-corrected chi connectivity index (χ2v) is 7.03. The maximum absolute atomic E-state index is 12.6. The second kappa shape index (κ2) is 7.50. The van der Waals surface area contributed by atoms with Crippen molar-refractivity contribution in [3.05, 3.63) is 47.3 Å². The van der Waals surface area contributed by atoms with Gasteiger partial charge in [-0.2, -0.15) is 0 Å². The maximum Gasteiger partial charge on any atom is 0.276 e. The molecule has 1 amide bonds. The van der Waals surface area contributed by atoms with Crippen LogP contribution in [-0.2, 0) is 6.54 Å². The number of hydrogen-bond donors (Lipinski definition) is 0. The van der Waals surface area contributed by atoms with Crippen LogP contribution in [0.25, 0.3) is 0 Å². The molecule has 1 aromatic heterocycles. The van der Waals surface area contributed by atoms with E-state index in [4.69, 9.17) is 9.26 Å². The Morgan fingerprint density at radius 3 is 2.58 bits per heavy atom. The van der Waals surface area contributed by atoms with E-state index in [9.17, 15) is 4.79 Å². The summed E-state index contributed by atoms with van der Waals surface area (Å²) in [5.41, 5.74) is 1.71. The molecule has 4 rings (SSSR count). The highest BCUT2D eigenvalue weighted by atomic mass is 16.5. The summed E-state index contributed by atoms with van der Waals surface area (Å²) in [6.45, 7) is 6.75. The van der Waals surface area contributed by atoms with E-state index in [1.165, 1.54) is 5.56 Å². The van der Waals surface area contributed by atoms with E-state index < -0.39 is 0 Å². The van der Waals surface area contributed by atoms with Crippen LogP contribution < -0.4 is 4.74 Å². The monoisotopic (exact) mass is 355 g/mol. The minimum Gasteiger partial charge on any atom is -0.494 e. The zero-order valence-corrected chi connectivity index (χ0v) is 15.2. The van der Waals surface area contributed by atoms with Gasteiger partial charge in [-0.15, -0.1) is 0 Å². The number of ether oxygens (including phenoxy) is 1. The molecule has 1 saturated carbocycles. The lowest BCUT2D eigenvalue weighted by atomic mass is 10.2. The Morgan fingerprint density at radius 1 is 1.19 bits per heavy atom. The van der Waals surface area contributed by atoms with Gasteiger partial charge in [0, 0.05) is 44.7 Å². The van der Waals surface area contributed by atoms with Crippen LogP contribution in [0.5, 0.6) is 5.75 Å². The summed E-state index contributed by atoms with van der Waals surface area (Å²) in [5.74, 6) is 2.24. The number of piperazine rings is 1. The van der Waals surface area contributed by atoms with E-state index in [1.54, 1.807) is 0 Å². The first-order chi connectivity index (χ1) is 12.7. The number of hydrogen-bond acceptors (Lipinski definition) is 5. The molecule has 0 radical (unpaired) electrons. The van der Waals surface area contributed by atoms with Crippen LogP contribution in [0.2, 0.25) is 0 Å². The molecule has 1 aromatic carbocycles. The molecule has 0 unspecified atom stereocenters. The molecule has 6 nitrogen and oxygen atoms in total. The molecule has 138 valence electrons. The van der Waals surface area contributed by atoms with Gasteiger partial charge in [-0.1, -0.05) is 17.3 Å². The van der Waals surface area contributed by atoms with E-state index in [0.29, 0.717) is 18.2 Å². The number of carbonyl (C=O) groups excluding carboxylic acids is 1. The molecule has 0 bridgehead atoms. The summed E-state index contributed by atoms with van der Waals surface area (Å²) in [6, 6.07) is 10.1. The minimum absolute atomic E-state index is 0.0126. The lowest BCUT2D eigenvalue weighted by molar-refractivity contribution is 0.0618. The highest BCUT2D eigenvalue weighted by Crippen LogP contribution is 2.40. The fourth-order valence-electron chi connectivity index (χ4n) is 3.34. The van der Waals surface area contributed by atoms with Crippen LogP contribution in [0.1, 0.15) is 47.5 Å². The quantitative estimate of drug-likeness (QED) is 0.797. The Labute approximate surface area is 153 Å². The maximum atomic E-state index is 12.6. The largest absolute Gasteiger partial charge is 0.494 e. The number of aromatic nitrogens is 1. The van der Waals surface area contributed by atoms with Crippen molar-refractivity contribution >= 4 is 5.91 Å². The first-order valence-corrected chi connectivity index (χ1v) is 9.43. The average Bonchev–Trinajstić information content (AvgIpc) is 3.40. The number of carbonyl (C=O) groups is 1. The van der Waals surface area contributed by atoms with Crippen molar-refractivity contribution in [1.82, 2.24) is 15.0 Å². The van der Waals surface area contributed by atoms with Crippen molar-refractivity contribution in [1.29, 1.82) is 0 Å². The summed E-state index contributed by atoms with van der Waals surface area (Å²) in [5, 5.41) is 3.97. The third kappa shape index (κ3) is 3.90. The molecule has 1 aliphatic carbocycles. The molecule has 1 saturated heterocycles. The molecule has 0 spiro atoms. The standard InChI is InChI=1S/C20H25N3O3/c1-2-25-17-7-3-15(4-8-17)14-22-9-11-23(12-10-22)20(24)18-13-19(26-21-18)16-5-6-16/h3-4,7-8,13,16H,2,5-6,9-12,14H2,1H3. The SMILES string of the molecule is CCOc1ccc(CN2CCN(C(=O)c3cc(C4CC4)on3)CC2)cc1. The highest BCUT2D eigenvalue weighted by molar-refractivity contribution is 5.92. The van der Waals surface area contributed by atoms with Crippen molar-refractivity contribution < 1.29 is 14.1 Å². The average molecular weight is 355 g/mol. The Balaban J connectivity index is 1.28. The van der Waals surface area contributed by atoms with Crippen LogP contribution >= 0.6 is 0 Å². The van der Waals surface area contributed by atoms with Gasteiger partial charge in [-0.25, -0.2) is 0 Å². The number of benzene rings is 1. The topological polar surface area (TPSA) is 58.8 Å². The van der Waals surface area contributed by atoms with Crippen molar-refractivity contribution in [3.8, 4) is 5.75 Å². The molecule has 0 N–H and O–H groups in total. The lowest BCUT2D eigenvalue weighted by Crippen LogP contribution is -2.48. The number of rotatable bonds is 6. The van der Waals surface area contributed by atoms with E-state index >= 15 is 0 Å². The smallest absolute Gasteiger partial charge is 0.276 e. The molecular formula is C20H25N3O3. The Bertz CT molecular complexity index is 744. The summed E-state index contributed by atoms with van der Waals surface area (Å²) in [7, 11) is 0. The van der Waals surface area contributed by atoms with Crippen molar-refractivity contribution in [2.45, 2.75) is 32.2 Å². The summed E-state index contributed by atoms with van der Waals surface area (Å²) >= 11 is 0. The van der Waals surface area contributed by atoms with Crippen LogP contribution in [-0.4, -0.2) is 53.6 Å². The van der Waals surface area contributed by atoms with Gasteiger partial charge in [0.1, 0.15) is 11.5 Å². The van der Waals surface area contributed by atoms with Crippen LogP contribution in [0.15, 0.2) is 34.9 Å². The molecule has 2 heterocycles. The molecule has 2 aliphatic rings. The Kier molecular flexibility index (Phi) is 4.93. The van der Waals surface area contributed by atoms with Gasteiger partial charge in [0.05, 0.1) is 6.61 Å². The van der Waals surface area contributed by atoms with Gasteiger partial charge < -0.3 is 14.2 Å². The third-order valence-electron chi connectivity index (χ3n) is 5.03. The molecule has 2 aromatic rings. The summed E-state index contributed by atoms with van der Waals surface area (Å²) in [4.78, 5) is 16.8. The normalized spacial score (nSPS) is 18.1. The van der Waals surface area contributed by atoms with Gasteiger partial charge in [0.25, 0.3) is 5.91 Å². The molecule has 26 heavy (non-hydrogen) atoms. The van der Waals surface area contributed by atoms with Crippen LogP contribution in [0.3, 0.4) is 0 Å². The predicted octanol–water partition coefficient (Wildman–Crippen LogP) is 2.91. The van der Waals surface area contributed by atoms with Crippen molar-refractivity contribution in [2.24, 2.45) is 0 Å². The van der Waals surface area contributed by atoms with Crippen LogP contribution in [0.4, 0.5) is 0 Å². The highest BCUT2D eigenvalue weighted by Gasteiger charge is 2.30. The van der Waals surface area contributed by atoms with Gasteiger partial charge in [0.15, 0.2) is 5.69 Å².